The summed E-state index contributed by atoms with van der Waals surface area (Å²) in [4.78, 5) is 34.6. The molecular formula is C27H22N4O3S2. The number of nitrogens with one attached hydrogen (secondary N) is 1. The number of hydrogen-bond donors (Lipinski definition) is 1. The molecule has 0 aliphatic rings. The van der Waals surface area contributed by atoms with Gasteiger partial charge in [-0.1, -0.05) is 72.4 Å². The minimum atomic E-state index is -0.508. The molecule has 4 rings (SSSR count). The summed E-state index contributed by atoms with van der Waals surface area (Å²) in [7, 11) is 0. The van der Waals surface area contributed by atoms with Crippen LogP contribution >= 0.6 is 23.1 Å². The van der Waals surface area contributed by atoms with Gasteiger partial charge in [0, 0.05) is 11.1 Å². The number of ether oxygens (including phenoxy) is 1. The van der Waals surface area contributed by atoms with Crippen LogP contribution in [0.15, 0.2) is 71.9 Å². The Kier molecular flexibility index (Phi) is 8.10. The third-order valence-corrected chi connectivity index (χ3v) is 7.18. The number of nitriles is 1. The van der Waals surface area contributed by atoms with Crippen LogP contribution < -0.4 is 5.32 Å². The summed E-state index contributed by atoms with van der Waals surface area (Å²) in [6, 6.07) is 23.6. The number of anilines is 1. The number of carbonyl (C=O) groups is 2. The van der Waals surface area contributed by atoms with Crippen molar-refractivity contribution in [3.63, 3.8) is 0 Å². The third-order valence-electron chi connectivity index (χ3n) is 5.15. The van der Waals surface area contributed by atoms with E-state index in [1.165, 1.54) is 11.8 Å². The Morgan fingerprint density at radius 1 is 1.03 bits per heavy atom. The number of carbonyl (C=O) groups excluding carboxylic acids is 2. The van der Waals surface area contributed by atoms with Crippen molar-refractivity contribution in [1.29, 1.82) is 5.26 Å². The molecule has 2 aromatic heterocycles. The minimum absolute atomic E-state index is 0.0308. The molecule has 2 aromatic carbocycles. The average Bonchev–Trinajstić information content (AvgIpc) is 3.23. The van der Waals surface area contributed by atoms with Gasteiger partial charge in [0.05, 0.1) is 29.3 Å². The van der Waals surface area contributed by atoms with E-state index in [1.807, 2.05) is 66.7 Å². The topological polar surface area (TPSA) is 105 Å². The highest BCUT2D eigenvalue weighted by Gasteiger charge is 2.22. The number of thioether (sulfide) groups is 1. The monoisotopic (exact) mass is 514 g/mol. The fraction of sp³-hybridized carbons (Fsp3) is 0.148. The second-order valence-corrected chi connectivity index (χ2v) is 9.55. The summed E-state index contributed by atoms with van der Waals surface area (Å²) in [5.41, 5.74) is 4.16. The summed E-state index contributed by atoms with van der Waals surface area (Å²) in [6.45, 7) is 3.60. The van der Waals surface area contributed by atoms with Gasteiger partial charge in [-0.3, -0.25) is 4.79 Å². The fourth-order valence-corrected chi connectivity index (χ4v) is 5.15. The van der Waals surface area contributed by atoms with Gasteiger partial charge in [0.15, 0.2) is 5.16 Å². The van der Waals surface area contributed by atoms with E-state index in [0.717, 1.165) is 33.9 Å². The summed E-state index contributed by atoms with van der Waals surface area (Å²) in [5, 5.41) is 13.1. The van der Waals surface area contributed by atoms with Gasteiger partial charge in [0.25, 0.3) is 0 Å². The van der Waals surface area contributed by atoms with E-state index in [-0.39, 0.29) is 23.8 Å². The van der Waals surface area contributed by atoms with E-state index in [9.17, 15) is 14.9 Å². The SMILES string of the molecule is CCOC(=O)c1sc(NC(=O)CSc2nc(-c3ccccc3)cc(-c3ccccc3)n2)c(C#N)c1C. The van der Waals surface area contributed by atoms with Gasteiger partial charge in [-0.15, -0.1) is 11.3 Å². The average molecular weight is 515 g/mol. The zero-order chi connectivity index (χ0) is 25.5. The molecule has 0 unspecified atom stereocenters. The number of rotatable bonds is 8. The van der Waals surface area contributed by atoms with E-state index < -0.39 is 5.97 Å². The van der Waals surface area contributed by atoms with Crippen molar-refractivity contribution in [2.75, 3.05) is 17.7 Å². The Bertz CT molecular complexity index is 1370. The molecule has 1 amide bonds. The van der Waals surface area contributed by atoms with Crippen LogP contribution in [-0.2, 0) is 9.53 Å². The van der Waals surface area contributed by atoms with Gasteiger partial charge >= 0.3 is 5.97 Å². The lowest BCUT2D eigenvalue weighted by Gasteiger charge is -2.09. The molecule has 7 nitrogen and oxygen atoms in total. The standard InChI is InChI=1S/C27H22N4O3S2/c1-3-34-26(33)24-17(2)20(15-28)25(36-24)31-23(32)16-35-27-29-21(18-10-6-4-7-11-18)14-22(30-27)19-12-8-5-9-13-19/h4-14H,3,16H2,1-2H3,(H,31,32). The molecule has 0 saturated heterocycles. The maximum Gasteiger partial charge on any atom is 0.348 e. The maximum absolute atomic E-state index is 12.8. The molecule has 2 heterocycles. The van der Waals surface area contributed by atoms with E-state index in [2.05, 4.69) is 21.4 Å². The highest BCUT2D eigenvalue weighted by molar-refractivity contribution is 7.99. The zero-order valence-corrected chi connectivity index (χ0v) is 21.3. The van der Waals surface area contributed by atoms with Crippen LogP contribution in [0.3, 0.4) is 0 Å². The summed E-state index contributed by atoms with van der Waals surface area (Å²) >= 11 is 2.24. The second kappa shape index (κ2) is 11.6. The van der Waals surface area contributed by atoms with Crippen LogP contribution in [0.25, 0.3) is 22.5 Å². The summed E-state index contributed by atoms with van der Waals surface area (Å²) in [6.07, 6.45) is 0. The second-order valence-electron chi connectivity index (χ2n) is 7.58. The van der Waals surface area contributed by atoms with Crippen LogP contribution in [-0.4, -0.2) is 34.2 Å². The molecular weight excluding hydrogens is 492 g/mol. The number of benzene rings is 2. The smallest absolute Gasteiger partial charge is 0.348 e. The molecule has 36 heavy (non-hydrogen) atoms. The van der Waals surface area contributed by atoms with Crippen LogP contribution in [0, 0.1) is 18.3 Å². The van der Waals surface area contributed by atoms with Crippen LogP contribution in [0.4, 0.5) is 5.00 Å². The number of esters is 1. The Hall–Kier alpha value is -4.00. The van der Waals surface area contributed by atoms with Crippen molar-refractivity contribution in [2.45, 2.75) is 19.0 Å². The van der Waals surface area contributed by atoms with Gasteiger partial charge in [0.2, 0.25) is 5.91 Å². The van der Waals surface area contributed by atoms with Crippen molar-refractivity contribution >= 4 is 40.0 Å². The molecule has 0 spiro atoms. The fourth-order valence-electron chi connectivity index (χ4n) is 3.42. The lowest BCUT2D eigenvalue weighted by molar-refractivity contribution is -0.113. The summed E-state index contributed by atoms with van der Waals surface area (Å²) < 4.78 is 5.06. The van der Waals surface area contributed by atoms with Gasteiger partial charge in [0.1, 0.15) is 15.9 Å². The quantitative estimate of drug-likeness (QED) is 0.176. The Labute approximate surface area is 217 Å². The van der Waals surface area contributed by atoms with Gasteiger partial charge in [-0.2, -0.15) is 5.26 Å². The van der Waals surface area contributed by atoms with E-state index >= 15 is 0 Å². The van der Waals surface area contributed by atoms with E-state index in [1.54, 1.807) is 13.8 Å². The zero-order valence-electron chi connectivity index (χ0n) is 19.6. The van der Waals surface area contributed by atoms with Crippen molar-refractivity contribution in [3.05, 3.63) is 82.7 Å². The Morgan fingerprint density at radius 3 is 2.14 bits per heavy atom. The third kappa shape index (κ3) is 5.79. The van der Waals surface area contributed by atoms with Crippen LogP contribution in [0.1, 0.15) is 27.7 Å². The molecule has 0 radical (unpaired) electrons. The van der Waals surface area contributed by atoms with Gasteiger partial charge < -0.3 is 10.1 Å². The first-order chi connectivity index (χ1) is 17.5. The van der Waals surface area contributed by atoms with E-state index in [4.69, 9.17) is 4.74 Å². The highest BCUT2D eigenvalue weighted by Crippen LogP contribution is 2.33. The van der Waals surface area contributed by atoms with Gasteiger partial charge in [-0.05, 0) is 25.5 Å². The molecule has 0 bridgehead atoms. The lowest BCUT2D eigenvalue weighted by Crippen LogP contribution is -2.14. The number of hydrogen-bond acceptors (Lipinski definition) is 8. The summed E-state index contributed by atoms with van der Waals surface area (Å²) in [5.74, 6) is -0.808. The minimum Gasteiger partial charge on any atom is -0.462 e. The number of amides is 1. The Morgan fingerprint density at radius 2 is 1.61 bits per heavy atom. The van der Waals surface area contributed by atoms with Crippen LogP contribution in [0.5, 0.6) is 0 Å². The van der Waals surface area contributed by atoms with Gasteiger partial charge in [-0.25, -0.2) is 14.8 Å². The maximum atomic E-state index is 12.8. The molecule has 9 heteroatoms. The molecule has 0 saturated carbocycles. The normalized spacial score (nSPS) is 10.5. The Balaban J connectivity index is 1.55. The first-order valence-corrected chi connectivity index (χ1v) is 12.9. The molecule has 180 valence electrons. The molecule has 1 N–H and O–H groups in total. The van der Waals surface area contributed by atoms with Crippen molar-refractivity contribution in [3.8, 4) is 28.6 Å². The molecule has 0 fully saturated rings. The van der Waals surface area contributed by atoms with Crippen molar-refractivity contribution in [1.82, 2.24) is 9.97 Å². The molecule has 0 aliphatic carbocycles. The largest absolute Gasteiger partial charge is 0.462 e. The first-order valence-electron chi connectivity index (χ1n) is 11.1. The van der Waals surface area contributed by atoms with Crippen molar-refractivity contribution < 1.29 is 14.3 Å². The van der Waals surface area contributed by atoms with E-state index in [0.29, 0.717) is 20.6 Å². The van der Waals surface area contributed by atoms with Crippen LogP contribution in [0.2, 0.25) is 0 Å². The lowest BCUT2D eigenvalue weighted by atomic mass is 10.1. The highest BCUT2D eigenvalue weighted by atomic mass is 32.2. The number of aromatic nitrogens is 2. The number of thiophene rings is 1. The predicted octanol–water partition coefficient (Wildman–Crippen LogP) is 5.96. The molecule has 0 atom stereocenters. The van der Waals surface area contributed by atoms with Crippen molar-refractivity contribution in [2.24, 2.45) is 0 Å². The first kappa shape index (κ1) is 25.1. The predicted molar refractivity (Wildman–Crippen MR) is 142 cm³/mol. The molecule has 4 aromatic rings. The molecule has 0 aliphatic heterocycles. The number of nitrogens with zero attached hydrogens (tertiary/aromatic N) is 3.